The van der Waals surface area contributed by atoms with E-state index >= 15 is 0 Å². The standard InChI is InChI=1S/C10H19N/c1-9(11)5-4-8-10-6-2-3-7-10/h4-5,9-10H,2-3,6-8,11H2,1H3/b5-4+. The van der Waals surface area contributed by atoms with E-state index in [0.29, 0.717) is 0 Å². The lowest BCUT2D eigenvalue weighted by Gasteiger charge is -2.03. The van der Waals surface area contributed by atoms with Crippen molar-refractivity contribution in [2.24, 2.45) is 11.7 Å². The minimum atomic E-state index is 0.233. The molecular weight excluding hydrogens is 134 g/mol. The minimum Gasteiger partial charge on any atom is -0.325 e. The third-order valence-electron chi connectivity index (χ3n) is 2.38. The summed E-state index contributed by atoms with van der Waals surface area (Å²) < 4.78 is 0. The van der Waals surface area contributed by atoms with Gasteiger partial charge in [-0.05, 0) is 19.3 Å². The predicted octanol–water partition coefficient (Wildman–Crippen LogP) is 2.47. The normalized spacial score (nSPS) is 23.1. The van der Waals surface area contributed by atoms with E-state index in [4.69, 9.17) is 5.73 Å². The molecule has 1 fully saturated rings. The van der Waals surface area contributed by atoms with Gasteiger partial charge >= 0.3 is 0 Å². The summed E-state index contributed by atoms with van der Waals surface area (Å²) in [5.41, 5.74) is 5.59. The summed E-state index contributed by atoms with van der Waals surface area (Å²) in [7, 11) is 0. The van der Waals surface area contributed by atoms with Gasteiger partial charge in [-0.2, -0.15) is 0 Å². The first-order valence-corrected chi connectivity index (χ1v) is 4.71. The Morgan fingerprint density at radius 1 is 1.45 bits per heavy atom. The summed E-state index contributed by atoms with van der Waals surface area (Å²) in [6.07, 6.45) is 11.4. The molecule has 0 heterocycles. The zero-order chi connectivity index (χ0) is 8.10. The Labute approximate surface area is 69.7 Å². The van der Waals surface area contributed by atoms with Crippen LogP contribution in [0.5, 0.6) is 0 Å². The van der Waals surface area contributed by atoms with E-state index in [1.165, 1.54) is 32.1 Å². The van der Waals surface area contributed by atoms with Crippen LogP contribution in [0.2, 0.25) is 0 Å². The van der Waals surface area contributed by atoms with Crippen LogP contribution in [0.1, 0.15) is 39.0 Å². The first kappa shape index (κ1) is 8.79. The monoisotopic (exact) mass is 153 g/mol. The molecule has 0 aromatic rings. The van der Waals surface area contributed by atoms with Gasteiger partial charge in [-0.3, -0.25) is 0 Å². The molecule has 0 radical (unpaired) electrons. The minimum absolute atomic E-state index is 0.233. The molecule has 1 unspecified atom stereocenters. The molecule has 0 spiro atoms. The summed E-state index contributed by atoms with van der Waals surface area (Å²) in [4.78, 5) is 0. The Morgan fingerprint density at radius 2 is 2.09 bits per heavy atom. The van der Waals surface area contributed by atoms with Gasteiger partial charge in [-0.25, -0.2) is 0 Å². The second-order valence-corrected chi connectivity index (χ2v) is 3.67. The van der Waals surface area contributed by atoms with Crippen molar-refractivity contribution in [3.05, 3.63) is 12.2 Å². The number of nitrogens with two attached hydrogens (primary N) is 1. The molecule has 2 N–H and O–H groups in total. The highest BCUT2D eigenvalue weighted by Crippen LogP contribution is 2.27. The Balaban J connectivity index is 2.10. The molecule has 1 saturated carbocycles. The first-order valence-electron chi connectivity index (χ1n) is 4.71. The lowest BCUT2D eigenvalue weighted by atomic mass is 10.0. The van der Waals surface area contributed by atoms with Crippen LogP contribution < -0.4 is 5.73 Å². The quantitative estimate of drug-likeness (QED) is 0.619. The Bertz CT molecular complexity index is 121. The molecule has 1 aliphatic rings. The van der Waals surface area contributed by atoms with E-state index in [1.54, 1.807) is 0 Å². The third kappa shape index (κ3) is 3.57. The molecule has 0 saturated heterocycles. The number of hydrogen-bond donors (Lipinski definition) is 1. The molecule has 1 rings (SSSR count). The highest BCUT2D eigenvalue weighted by molar-refractivity contribution is 4.90. The van der Waals surface area contributed by atoms with Crippen molar-refractivity contribution in [3.63, 3.8) is 0 Å². The van der Waals surface area contributed by atoms with E-state index < -0.39 is 0 Å². The lowest BCUT2D eigenvalue weighted by Crippen LogP contribution is -2.10. The van der Waals surface area contributed by atoms with Crippen molar-refractivity contribution >= 4 is 0 Å². The van der Waals surface area contributed by atoms with E-state index in [9.17, 15) is 0 Å². The summed E-state index contributed by atoms with van der Waals surface area (Å²) in [5.74, 6) is 0.963. The van der Waals surface area contributed by atoms with Crippen molar-refractivity contribution in [1.29, 1.82) is 0 Å². The fraction of sp³-hybridized carbons (Fsp3) is 0.800. The third-order valence-corrected chi connectivity index (χ3v) is 2.38. The van der Waals surface area contributed by atoms with Gasteiger partial charge in [0.1, 0.15) is 0 Å². The smallest absolute Gasteiger partial charge is 0.0194 e. The largest absolute Gasteiger partial charge is 0.325 e. The van der Waals surface area contributed by atoms with E-state index in [-0.39, 0.29) is 6.04 Å². The summed E-state index contributed by atoms with van der Waals surface area (Å²) in [6, 6.07) is 0.233. The molecule has 0 aromatic heterocycles. The number of rotatable bonds is 3. The van der Waals surface area contributed by atoms with Crippen LogP contribution in [0, 0.1) is 5.92 Å². The van der Waals surface area contributed by atoms with Crippen LogP contribution in [0.25, 0.3) is 0 Å². The predicted molar refractivity (Wildman–Crippen MR) is 49.4 cm³/mol. The van der Waals surface area contributed by atoms with Gasteiger partial charge < -0.3 is 5.73 Å². The molecule has 1 nitrogen and oxygen atoms in total. The average molecular weight is 153 g/mol. The van der Waals surface area contributed by atoms with Crippen LogP contribution in [0.15, 0.2) is 12.2 Å². The second kappa shape index (κ2) is 4.55. The zero-order valence-corrected chi connectivity index (χ0v) is 7.42. The van der Waals surface area contributed by atoms with Gasteiger partial charge in [0.2, 0.25) is 0 Å². The fourth-order valence-electron chi connectivity index (χ4n) is 1.73. The van der Waals surface area contributed by atoms with Crippen LogP contribution in [0.4, 0.5) is 0 Å². The van der Waals surface area contributed by atoms with Gasteiger partial charge in [-0.1, -0.05) is 37.8 Å². The summed E-state index contributed by atoms with van der Waals surface area (Å²) in [6.45, 7) is 2.02. The Morgan fingerprint density at radius 3 is 2.64 bits per heavy atom. The molecule has 1 heteroatoms. The maximum atomic E-state index is 5.59. The first-order chi connectivity index (χ1) is 5.29. The number of hydrogen-bond acceptors (Lipinski definition) is 1. The average Bonchev–Trinajstić information content (AvgIpc) is 2.39. The topological polar surface area (TPSA) is 26.0 Å². The molecule has 64 valence electrons. The molecule has 1 aliphatic carbocycles. The fourth-order valence-corrected chi connectivity index (χ4v) is 1.73. The van der Waals surface area contributed by atoms with Crippen LogP contribution in [-0.2, 0) is 0 Å². The van der Waals surface area contributed by atoms with E-state index in [2.05, 4.69) is 12.2 Å². The number of allylic oxidation sites excluding steroid dienone is 1. The van der Waals surface area contributed by atoms with Crippen molar-refractivity contribution in [3.8, 4) is 0 Å². The van der Waals surface area contributed by atoms with Crippen molar-refractivity contribution in [2.45, 2.75) is 45.1 Å². The zero-order valence-electron chi connectivity index (χ0n) is 7.42. The van der Waals surface area contributed by atoms with Gasteiger partial charge in [0.15, 0.2) is 0 Å². The maximum absolute atomic E-state index is 5.59. The maximum Gasteiger partial charge on any atom is 0.0194 e. The van der Waals surface area contributed by atoms with Crippen molar-refractivity contribution < 1.29 is 0 Å². The molecule has 11 heavy (non-hydrogen) atoms. The molecule has 0 aliphatic heterocycles. The Hall–Kier alpha value is -0.300. The SMILES string of the molecule is CC(N)/C=C/CC1CCCC1. The second-order valence-electron chi connectivity index (χ2n) is 3.67. The summed E-state index contributed by atoms with van der Waals surface area (Å²) in [5, 5.41) is 0. The molecular formula is C10H19N. The molecule has 0 bridgehead atoms. The van der Waals surface area contributed by atoms with E-state index in [0.717, 1.165) is 5.92 Å². The molecule has 0 aromatic carbocycles. The molecule has 1 atom stereocenters. The molecule has 0 amide bonds. The van der Waals surface area contributed by atoms with Crippen LogP contribution in [0.3, 0.4) is 0 Å². The highest BCUT2D eigenvalue weighted by Gasteiger charge is 2.12. The van der Waals surface area contributed by atoms with Crippen LogP contribution >= 0.6 is 0 Å². The lowest BCUT2D eigenvalue weighted by molar-refractivity contribution is 0.557. The van der Waals surface area contributed by atoms with Crippen molar-refractivity contribution in [2.75, 3.05) is 0 Å². The van der Waals surface area contributed by atoms with Gasteiger partial charge in [0, 0.05) is 6.04 Å². The van der Waals surface area contributed by atoms with Gasteiger partial charge in [0.05, 0.1) is 0 Å². The summed E-state index contributed by atoms with van der Waals surface area (Å²) >= 11 is 0. The highest BCUT2D eigenvalue weighted by atomic mass is 14.6. The Kier molecular flexibility index (Phi) is 3.64. The van der Waals surface area contributed by atoms with Crippen molar-refractivity contribution in [1.82, 2.24) is 0 Å². The van der Waals surface area contributed by atoms with Crippen LogP contribution in [-0.4, -0.2) is 6.04 Å². The van der Waals surface area contributed by atoms with E-state index in [1.807, 2.05) is 6.92 Å². The van der Waals surface area contributed by atoms with Gasteiger partial charge in [0.25, 0.3) is 0 Å². The van der Waals surface area contributed by atoms with Gasteiger partial charge in [-0.15, -0.1) is 0 Å².